The number of aliphatic imine (C=N–C) groups is 1. The van der Waals surface area contributed by atoms with Gasteiger partial charge in [0.25, 0.3) is 5.91 Å². The Bertz CT molecular complexity index is 1150. The number of anilines is 2. The quantitative estimate of drug-likeness (QED) is 0.546. The minimum atomic E-state index is -0.415. The second kappa shape index (κ2) is 10.4. The standard InChI is InChI=1S/C23H16ClN3O2S.BrH/c24-16-8-7-11-18(14-16)25-21(28)15-20-22(29)27(19-12-5-2-6-13-19)23(30-20)26-17-9-3-1-4-10-17;/h1-15H,(H,25,28);1H/p-1/b20-15+,26-23?;. The second-order valence-electron chi connectivity index (χ2n) is 6.32. The molecule has 4 rings (SSSR count). The molecule has 1 fully saturated rings. The highest BCUT2D eigenvalue weighted by molar-refractivity contribution is 8.19. The molecular weight excluding hydrogens is 498 g/mol. The Balaban J connectivity index is 0.00000272. The summed E-state index contributed by atoms with van der Waals surface area (Å²) in [6.07, 6.45) is 1.29. The van der Waals surface area contributed by atoms with Crippen molar-refractivity contribution in [1.29, 1.82) is 0 Å². The van der Waals surface area contributed by atoms with E-state index < -0.39 is 5.91 Å². The lowest BCUT2D eigenvalue weighted by molar-refractivity contribution is -0.115. The van der Waals surface area contributed by atoms with Crippen LogP contribution >= 0.6 is 23.4 Å². The Morgan fingerprint density at radius 2 is 1.65 bits per heavy atom. The Labute approximate surface area is 199 Å². The SMILES string of the molecule is O=C(/C=C1/SC(=Nc2ccccc2)N(c2ccccc2)C1=O)Nc1cccc(Cl)c1.[Br-]. The summed E-state index contributed by atoms with van der Waals surface area (Å²) in [6.45, 7) is 0. The van der Waals surface area contributed by atoms with Gasteiger partial charge in [-0.15, -0.1) is 0 Å². The zero-order valence-corrected chi connectivity index (χ0v) is 19.2. The van der Waals surface area contributed by atoms with Gasteiger partial charge in [0, 0.05) is 16.8 Å². The highest BCUT2D eigenvalue weighted by Crippen LogP contribution is 2.36. The average Bonchev–Trinajstić information content (AvgIpc) is 3.04. The second-order valence-corrected chi connectivity index (χ2v) is 7.76. The van der Waals surface area contributed by atoms with Gasteiger partial charge in [0.1, 0.15) is 0 Å². The van der Waals surface area contributed by atoms with Gasteiger partial charge in [0.15, 0.2) is 5.17 Å². The van der Waals surface area contributed by atoms with Crippen LogP contribution in [0.1, 0.15) is 0 Å². The smallest absolute Gasteiger partial charge is 0.271 e. The number of nitrogens with one attached hydrogen (secondary N) is 1. The van der Waals surface area contributed by atoms with Crippen molar-refractivity contribution in [3.63, 3.8) is 0 Å². The van der Waals surface area contributed by atoms with E-state index in [1.54, 1.807) is 24.3 Å². The highest BCUT2D eigenvalue weighted by atomic mass is 79.9. The lowest BCUT2D eigenvalue weighted by atomic mass is 10.3. The summed E-state index contributed by atoms with van der Waals surface area (Å²) in [6, 6.07) is 25.4. The number of benzene rings is 3. The van der Waals surface area contributed by atoms with Crippen LogP contribution in [-0.2, 0) is 9.59 Å². The van der Waals surface area contributed by atoms with E-state index in [4.69, 9.17) is 11.6 Å². The van der Waals surface area contributed by atoms with Gasteiger partial charge in [-0.05, 0) is 54.2 Å². The fourth-order valence-corrected chi connectivity index (χ4v) is 3.99. The molecule has 0 bridgehead atoms. The summed E-state index contributed by atoms with van der Waals surface area (Å²) in [5.41, 5.74) is 1.96. The molecule has 1 heterocycles. The molecule has 2 amide bonds. The van der Waals surface area contributed by atoms with Crippen LogP contribution in [0.2, 0.25) is 5.02 Å². The van der Waals surface area contributed by atoms with Crippen molar-refractivity contribution in [2.75, 3.05) is 10.2 Å². The van der Waals surface area contributed by atoms with E-state index in [0.29, 0.717) is 21.6 Å². The summed E-state index contributed by atoms with van der Waals surface area (Å²) >= 11 is 7.12. The minimum absolute atomic E-state index is 0. The lowest BCUT2D eigenvalue weighted by Crippen LogP contribution is -3.00. The summed E-state index contributed by atoms with van der Waals surface area (Å²) in [7, 11) is 0. The number of hydrogen-bond acceptors (Lipinski definition) is 4. The first-order valence-electron chi connectivity index (χ1n) is 9.09. The van der Waals surface area contributed by atoms with Gasteiger partial charge in [-0.3, -0.25) is 14.5 Å². The number of hydrogen-bond donors (Lipinski definition) is 1. The molecule has 1 aliphatic heterocycles. The van der Waals surface area contributed by atoms with Gasteiger partial charge in [-0.2, -0.15) is 0 Å². The fraction of sp³-hybridized carbons (Fsp3) is 0. The van der Waals surface area contributed by atoms with Crippen LogP contribution < -0.4 is 27.2 Å². The van der Waals surface area contributed by atoms with Gasteiger partial charge in [-0.1, -0.05) is 54.1 Å². The zero-order valence-electron chi connectivity index (χ0n) is 16.0. The number of carbonyl (C=O) groups is 2. The van der Waals surface area contributed by atoms with Gasteiger partial charge >= 0.3 is 0 Å². The van der Waals surface area contributed by atoms with Crippen molar-refractivity contribution < 1.29 is 26.6 Å². The molecule has 0 radical (unpaired) electrons. The van der Waals surface area contributed by atoms with Crippen molar-refractivity contribution >= 4 is 57.4 Å². The molecule has 0 atom stereocenters. The number of carbonyl (C=O) groups excluding carboxylic acids is 2. The number of amidine groups is 1. The maximum absolute atomic E-state index is 13.1. The van der Waals surface area contributed by atoms with E-state index >= 15 is 0 Å². The third-order valence-corrected chi connectivity index (χ3v) is 5.36. The van der Waals surface area contributed by atoms with Crippen molar-refractivity contribution in [2.24, 2.45) is 4.99 Å². The van der Waals surface area contributed by atoms with Gasteiger partial charge < -0.3 is 22.3 Å². The molecule has 1 saturated heterocycles. The molecule has 0 aromatic heterocycles. The van der Waals surface area contributed by atoms with E-state index in [2.05, 4.69) is 10.3 Å². The molecule has 3 aromatic carbocycles. The molecule has 156 valence electrons. The molecular formula is C23H16BrClN3O2S-. The monoisotopic (exact) mass is 512 g/mol. The summed E-state index contributed by atoms with van der Waals surface area (Å²) in [5, 5.41) is 3.72. The molecule has 0 aliphatic carbocycles. The molecule has 5 nitrogen and oxygen atoms in total. The fourth-order valence-electron chi connectivity index (χ4n) is 2.83. The van der Waals surface area contributed by atoms with Crippen molar-refractivity contribution in [2.45, 2.75) is 0 Å². The Hall–Kier alpha value is -2.87. The highest BCUT2D eigenvalue weighted by Gasteiger charge is 2.35. The van der Waals surface area contributed by atoms with E-state index in [1.807, 2.05) is 60.7 Å². The number of nitrogens with zero attached hydrogens (tertiary/aromatic N) is 2. The maximum atomic E-state index is 13.1. The van der Waals surface area contributed by atoms with E-state index in [-0.39, 0.29) is 27.8 Å². The van der Waals surface area contributed by atoms with Crippen LogP contribution in [0, 0.1) is 0 Å². The zero-order chi connectivity index (χ0) is 20.9. The molecule has 3 aromatic rings. The van der Waals surface area contributed by atoms with Crippen LogP contribution in [-0.4, -0.2) is 17.0 Å². The number of thioether (sulfide) groups is 1. The number of halogens is 2. The summed E-state index contributed by atoms with van der Waals surface area (Å²) < 4.78 is 0. The van der Waals surface area contributed by atoms with Gasteiger partial charge in [-0.25, -0.2) is 4.99 Å². The largest absolute Gasteiger partial charge is 1.00 e. The Morgan fingerprint density at radius 3 is 2.32 bits per heavy atom. The third-order valence-electron chi connectivity index (χ3n) is 4.16. The molecule has 8 heteroatoms. The molecule has 0 spiro atoms. The van der Waals surface area contributed by atoms with Crippen LogP contribution in [0.5, 0.6) is 0 Å². The van der Waals surface area contributed by atoms with Crippen molar-refractivity contribution in [3.8, 4) is 0 Å². The minimum Gasteiger partial charge on any atom is -1.00 e. The van der Waals surface area contributed by atoms with Crippen LogP contribution in [0.3, 0.4) is 0 Å². The third kappa shape index (κ3) is 5.64. The number of amides is 2. The van der Waals surface area contributed by atoms with Gasteiger partial charge in [0.2, 0.25) is 5.91 Å². The molecule has 0 unspecified atom stereocenters. The van der Waals surface area contributed by atoms with Crippen LogP contribution in [0.15, 0.2) is 101 Å². The molecule has 1 aliphatic rings. The summed E-state index contributed by atoms with van der Waals surface area (Å²) in [4.78, 5) is 32.0. The lowest BCUT2D eigenvalue weighted by Gasteiger charge is -2.15. The van der Waals surface area contributed by atoms with Crippen molar-refractivity contribution in [1.82, 2.24) is 0 Å². The Kier molecular flexibility index (Phi) is 7.68. The maximum Gasteiger partial charge on any atom is 0.271 e. The molecule has 1 N–H and O–H groups in total. The first-order chi connectivity index (χ1) is 14.6. The predicted molar refractivity (Wildman–Crippen MR) is 123 cm³/mol. The number of para-hydroxylation sites is 2. The molecule has 31 heavy (non-hydrogen) atoms. The van der Waals surface area contributed by atoms with Crippen molar-refractivity contribution in [3.05, 3.63) is 101 Å². The normalized spacial score (nSPS) is 15.8. The van der Waals surface area contributed by atoms with E-state index in [0.717, 1.165) is 17.4 Å². The number of rotatable bonds is 4. The van der Waals surface area contributed by atoms with E-state index in [9.17, 15) is 9.59 Å². The molecule has 0 saturated carbocycles. The topological polar surface area (TPSA) is 61.8 Å². The van der Waals surface area contributed by atoms with E-state index in [1.165, 1.54) is 11.0 Å². The van der Waals surface area contributed by atoms with Crippen LogP contribution in [0.4, 0.5) is 17.1 Å². The predicted octanol–water partition coefficient (Wildman–Crippen LogP) is 2.63. The summed E-state index contributed by atoms with van der Waals surface area (Å²) in [5.74, 6) is -0.718. The van der Waals surface area contributed by atoms with Crippen LogP contribution in [0.25, 0.3) is 0 Å². The first-order valence-corrected chi connectivity index (χ1v) is 10.3. The van der Waals surface area contributed by atoms with Gasteiger partial charge in [0.05, 0.1) is 16.3 Å². The first kappa shape index (κ1) is 22.8. The average molecular weight is 514 g/mol. The Morgan fingerprint density at radius 1 is 0.968 bits per heavy atom.